The molecule has 0 radical (unpaired) electrons. The first-order valence-corrected chi connectivity index (χ1v) is 7.39. The van der Waals surface area contributed by atoms with Crippen LogP contribution in [0.2, 0.25) is 0 Å². The Morgan fingerprint density at radius 2 is 0.938 bits per heavy atom. The maximum Gasteiger partial charge on any atom is 0.174 e. The highest BCUT2D eigenvalue weighted by atomic mass is 33.1. The zero-order valence-electron chi connectivity index (χ0n) is 10.9. The Hall–Kier alpha value is 0.540. The van der Waals surface area contributed by atoms with Gasteiger partial charge in [0.25, 0.3) is 0 Å². The van der Waals surface area contributed by atoms with Gasteiger partial charge >= 0.3 is 0 Å². The van der Waals surface area contributed by atoms with Crippen molar-refractivity contribution in [2.45, 2.75) is 25.4 Å². The van der Waals surface area contributed by atoms with Crippen LogP contribution in [-0.2, 0) is 18.9 Å². The summed E-state index contributed by atoms with van der Waals surface area (Å²) in [6.07, 6.45) is 0. The van der Waals surface area contributed by atoms with Crippen molar-refractivity contribution < 1.29 is 18.9 Å². The smallest absolute Gasteiger partial charge is 0.174 e. The van der Waals surface area contributed by atoms with Gasteiger partial charge in [-0.25, -0.2) is 0 Å². The van der Waals surface area contributed by atoms with Gasteiger partial charge in [-0.3, -0.25) is 0 Å². The summed E-state index contributed by atoms with van der Waals surface area (Å²) >= 11 is 0. The highest BCUT2D eigenvalue weighted by Gasteiger charge is 2.26. The molecule has 0 fully saturated rings. The molecular formula is C10H22O4S2. The Morgan fingerprint density at radius 3 is 1.12 bits per heavy atom. The van der Waals surface area contributed by atoms with E-state index in [1.807, 2.05) is 13.8 Å². The number of hydrogen-bond acceptors (Lipinski definition) is 6. The molecule has 0 N–H and O–H groups in total. The van der Waals surface area contributed by atoms with Crippen LogP contribution in [0.5, 0.6) is 0 Å². The summed E-state index contributed by atoms with van der Waals surface area (Å²) in [5.41, 5.74) is 0. The van der Waals surface area contributed by atoms with Crippen LogP contribution in [0.1, 0.15) is 13.8 Å². The zero-order valence-corrected chi connectivity index (χ0v) is 12.5. The predicted octanol–water partition coefficient (Wildman–Crippen LogP) is 2.39. The lowest BCUT2D eigenvalue weighted by Gasteiger charge is -2.28. The topological polar surface area (TPSA) is 36.9 Å². The van der Waals surface area contributed by atoms with Crippen LogP contribution in [0.15, 0.2) is 0 Å². The second kappa shape index (κ2) is 7.79. The Balaban J connectivity index is 3.83. The van der Waals surface area contributed by atoms with Crippen LogP contribution in [0.25, 0.3) is 0 Å². The normalized spacial score (nSPS) is 13.1. The molecular weight excluding hydrogens is 248 g/mol. The first-order chi connectivity index (χ1) is 7.45. The molecule has 4 nitrogen and oxygen atoms in total. The molecule has 0 bridgehead atoms. The van der Waals surface area contributed by atoms with Crippen molar-refractivity contribution in [3.63, 3.8) is 0 Å². The van der Waals surface area contributed by atoms with Crippen molar-refractivity contribution in [1.82, 2.24) is 0 Å². The molecule has 0 aromatic rings. The minimum Gasteiger partial charge on any atom is -0.353 e. The van der Waals surface area contributed by atoms with E-state index in [0.717, 1.165) is 11.5 Å². The molecule has 0 rings (SSSR count). The summed E-state index contributed by atoms with van der Waals surface area (Å²) in [6.45, 7) is 3.82. The fourth-order valence-corrected chi connectivity index (χ4v) is 3.55. The van der Waals surface area contributed by atoms with Gasteiger partial charge in [-0.2, -0.15) is 0 Å². The van der Waals surface area contributed by atoms with Crippen molar-refractivity contribution in [3.05, 3.63) is 0 Å². The molecule has 6 heteroatoms. The van der Waals surface area contributed by atoms with Crippen LogP contribution in [0.3, 0.4) is 0 Å². The molecule has 0 spiro atoms. The molecule has 98 valence electrons. The van der Waals surface area contributed by atoms with Gasteiger partial charge < -0.3 is 18.9 Å². The average molecular weight is 270 g/mol. The fraction of sp³-hybridized carbons (Fsp3) is 1.00. The third-order valence-electron chi connectivity index (χ3n) is 2.45. The van der Waals surface area contributed by atoms with Crippen molar-refractivity contribution in [2.75, 3.05) is 39.9 Å². The Bertz CT molecular complexity index is 162. The van der Waals surface area contributed by atoms with Crippen LogP contribution in [-0.4, -0.2) is 51.5 Å². The minimum atomic E-state index is -0.534. The Morgan fingerprint density at radius 1 is 0.688 bits per heavy atom. The molecule has 0 aromatic heterocycles. The zero-order chi connectivity index (χ0) is 12.7. The molecule has 0 unspecified atom stereocenters. The fourth-order valence-electron chi connectivity index (χ4n) is 0.700. The highest BCUT2D eigenvalue weighted by Crippen LogP contribution is 2.31. The molecule has 0 saturated carbocycles. The summed E-state index contributed by atoms with van der Waals surface area (Å²) in [5.74, 6) is 0.421. The standard InChI is InChI=1S/C10H22O4S2/c1-9(11-3,12-4)7-15-16-8-10(2,13-5)14-6/h7-8H2,1-6H3. The molecule has 16 heavy (non-hydrogen) atoms. The monoisotopic (exact) mass is 270 g/mol. The average Bonchev–Trinajstić information content (AvgIpc) is 2.34. The summed E-state index contributed by atoms with van der Waals surface area (Å²) in [5, 5.41) is 0. The molecule has 0 aromatic carbocycles. The van der Waals surface area contributed by atoms with E-state index in [1.165, 1.54) is 0 Å². The summed E-state index contributed by atoms with van der Waals surface area (Å²) in [6, 6.07) is 0. The lowest BCUT2D eigenvalue weighted by atomic mass is 10.4. The van der Waals surface area contributed by atoms with E-state index in [9.17, 15) is 0 Å². The second-order valence-electron chi connectivity index (χ2n) is 3.61. The minimum absolute atomic E-state index is 0.534. The van der Waals surface area contributed by atoms with E-state index in [0.29, 0.717) is 0 Å². The molecule has 0 aliphatic carbocycles. The van der Waals surface area contributed by atoms with Gasteiger partial charge in [0.2, 0.25) is 0 Å². The number of ether oxygens (including phenoxy) is 4. The van der Waals surface area contributed by atoms with Crippen molar-refractivity contribution in [1.29, 1.82) is 0 Å². The maximum atomic E-state index is 5.25. The van der Waals surface area contributed by atoms with Crippen LogP contribution in [0, 0.1) is 0 Å². The van der Waals surface area contributed by atoms with Crippen molar-refractivity contribution >= 4 is 21.6 Å². The maximum absolute atomic E-state index is 5.25. The van der Waals surface area contributed by atoms with Gasteiger partial charge in [0.1, 0.15) is 0 Å². The van der Waals surface area contributed by atoms with Gasteiger partial charge in [0.05, 0.1) is 11.5 Å². The van der Waals surface area contributed by atoms with E-state index in [-0.39, 0.29) is 0 Å². The summed E-state index contributed by atoms with van der Waals surface area (Å²) in [7, 11) is 9.92. The SMILES string of the molecule is COC(C)(CSSCC(C)(OC)OC)OC. The van der Waals surface area contributed by atoms with E-state index < -0.39 is 11.6 Å². The first-order valence-electron chi connectivity index (χ1n) is 4.90. The quantitative estimate of drug-likeness (QED) is 0.364. The summed E-state index contributed by atoms with van der Waals surface area (Å²) in [4.78, 5) is 0. The van der Waals surface area contributed by atoms with Gasteiger partial charge in [-0.05, 0) is 13.8 Å². The first kappa shape index (κ1) is 16.5. The molecule has 0 aliphatic rings. The van der Waals surface area contributed by atoms with Crippen LogP contribution in [0.4, 0.5) is 0 Å². The lowest BCUT2D eigenvalue weighted by molar-refractivity contribution is -0.175. The highest BCUT2D eigenvalue weighted by molar-refractivity contribution is 8.76. The van der Waals surface area contributed by atoms with Crippen molar-refractivity contribution in [3.8, 4) is 0 Å². The van der Waals surface area contributed by atoms with Crippen molar-refractivity contribution in [2.24, 2.45) is 0 Å². The molecule has 0 heterocycles. The van der Waals surface area contributed by atoms with Gasteiger partial charge in [0.15, 0.2) is 11.6 Å². The molecule has 0 aliphatic heterocycles. The van der Waals surface area contributed by atoms with E-state index in [4.69, 9.17) is 18.9 Å². The largest absolute Gasteiger partial charge is 0.353 e. The van der Waals surface area contributed by atoms with E-state index in [2.05, 4.69) is 0 Å². The van der Waals surface area contributed by atoms with E-state index >= 15 is 0 Å². The Kier molecular flexibility index (Phi) is 8.05. The second-order valence-corrected chi connectivity index (χ2v) is 6.07. The molecule has 0 amide bonds. The third-order valence-corrected chi connectivity index (χ3v) is 5.11. The summed E-state index contributed by atoms with van der Waals surface area (Å²) < 4.78 is 21.0. The lowest BCUT2D eigenvalue weighted by Crippen LogP contribution is -2.33. The van der Waals surface area contributed by atoms with E-state index in [1.54, 1.807) is 50.0 Å². The molecule has 0 saturated heterocycles. The number of methoxy groups -OCH3 is 4. The van der Waals surface area contributed by atoms with Crippen LogP contribution >= 0.6 is 21.6 Å². The third kappa shape index (κ3) is 5.75. The predicted molar refractivity (Wildman–Crippen MR) is 69.8 cm³/mol. The van der Waals surface area contributed by atoms with Gasteiger partial charge in [-0.1, -0.05) is 21.6 Å². The van der Waals surface area contributed by atoms with Crippen LogP contribution < -0.4 is 0 Å². The number of rotatable bonds is 9. The molecule has 0 atom stereocenters. The number of hydrogen-bond donors (Lipinski definition) is 0. The van der Waals surface area contributed by atoms with Gasteiger partial charge in [-0.15, -0.1) is 0 Å². The van der Waals surface area contributed by atoms with Gasteiger partial charge in [0, 0.05) is 28.4 Å². The Labute approximate surface area is 106 Å².